The quantitative estimate of drug-likeness (QED) is 0.121. The highest BCUT2D eigenvalue weighted by Gasteiger charge is 2.66. The van der Waals surface area contributed by atoms with Crippen LogP contribution >= 0.6 is 0 Å². The molecule has 3 saturated heterocycles. The highest BCUT2D eigenvalue weighted by Crippen LogP contribution is 2.60. The Balaban J connectivity index is 1.09. The van der Waals surface area contributed by atoms with E-state index in [1.165, 1.54) is 0 Å². The first-order valence-corrected chi connectivity index (χ1v) is 25.9. The van der Waals surface area contributed by atoms with Crippen molar-refractivity contribution < 1.29 is 33.8 Å². The maximum atomic E-state index is 15.7. The Labute approximate surface area is 376 Å². The van der Waals surface area contributed by atoms with E-state index in [2.05, 4.69) is 59.5 Å². The molecule has 4 aromatic rings. The normalized spacial score (nSPS) is 26.2. The van der Waals surface area contributed by atoms with Crippen molar-refractivity contribution in [3.63, 3.8) is 0 Å². The molecule has 64 heavy (non-hydrogen) atoms. The third-order valence-corrected chi connectivity index (χ3v) is 19.0. The first-order chi connectivity index (χ1) is 30.9. The number of fused-ring (bicyclic) bond motifs is 3. The number of nitrogens with zero attached hydrogens (tertiary/aromatic N) is 2. The Kier molecular flexibility index (Phi) is 12.3. The van der Waals surface area contributed by atoms with Crippen LogP contribution in [0, 0.1) is 5.92 Å². The van der Waals surface area contributed by atoms with Crippen molar-refractivity contribution in [2.45, 2.75) is 107 Å². The van der Waals surface area contributed by atoms with E-state index in [1.807, 2.05) is 72.8 Å². The van der Waals surface area contributed by atoms with Gasteiger partial charge in [-0.15, -0.1) is 0 Å². The lowest BCUT2D eigenvalue weighted by molar-refractivity contribution is -0.151. The average Bonchev–Trinajstić information content (AvgIpc) is 4.13. The highest BCUT2D eigenvalue weighted by molar-refractivity contribution is 6.91. The number of amides is 4. The number of benzene rings is 4. The van der Waals surface area contributed by atoms with Crippen LogP contribution in [0.15, 0.2) is 91.0 Å². The molecule has 4 amide bonds. The van der Waals surface area contributed by atoms with Crippen LogP contribution in [0.1, 0.15) is 61.3 Å². The zero-order valence-electron chi connectivity index (χ0n) is 37.2. The zero-order valence-corrected chi connectivity index (χ0v) is 38.2. The topological polar surface area (TPSA) is 162 Å². The maximum Gasteiger partial charge on any atom is 0.264 e. The van der Waals surface area contributed by atoms with Gasteiger partial charge in [0.15, 0.2) is 5.60 Å². The molecule has 14 heteroatoms. The summed E-state index contributed by atoms with van der Waals surface area (Å²) in [5, 5.41) is 24.4. The lowest BCUT2D eigenvalue weighted by atomic mass is 9.82. The molecule has 0 saturated carbocycles. The molecule has 4 aromatic carbocycles. The molecule has 3 fully saturated rings. The minimum absolute atomic E-state index is 0.0258. The Morgan fingerprint density at radius 2 is 1.52 bits per heavy atom. The number of nitrogens with one attached hydrogen (secondary N) is 4. The van der Waals surface area contributed by atoms with Crippen LogP contribution in [0.3, 0.4) is 0 Å². The third kappa shape index (κ3) is 8.04. The molecule has 1 spiro atoms. The van der Waals surface area contributed by atoms with E-state index in [4.69, 9.17) is 9.47 Å². The number of ether oxygens (including phenoxy) is 2. The second-order valence-corrected chi connectivity index (χ2v) is 23.5. The van der Waals surface area contributed by atoms with Gasteiger partial charge in [0.05, 0.1) is 64.7 Å². The van der Waals surface area contributed by atoms with E-state index in [0.29, 0.717) is 35.6 Å². The van der Waals surface area contributed by atoms with Gasteiger partial charge in [0.25, 0.3) is 5.91 Å². The van der Waals surface area contributed by atoms with Crippen molar-refractivity contribution in [3.05, 3.63) is 113 Å². The molecule has 0 aliphatic carbocycles. The second-order valence-electron chi connectivity index (χ2n) is 18.8. The van der Waals surface area contributed by atoms with E-state index in [9.17, 15) is 19.5 Å². The van der Waals surface area contributed by atoms with Gasteiger partial charge < -0.3 is 45.6 Å². The van der Waals surface area contributed by atoms with Gasteiger partial charge in [-0.25, -0.2) is 0 Å². The van der Waals surface area contributed by atoms with Crippen LogP contribution in [-0.2, 0) is 49.0 Å². The molecule has 336 valence electrons. The molecule has 0 unspecified atom stereocenters. The fourth-order valence-corrected chi connectivity index (χ4v) is 15.2. The number of hydrogen-bond donors (Lipinski definition) is 5. The van der Waals surface area contributed by atoms with Crippen molar-refractivity contribution in [2.24, 2.45) is 5.92 Å². The monoisotopic (exact) mass is 884 g/mol. The van der Waals surface area contributed by atoms with Crippen LogP contribution in [0.2, 0.25) is 18.6 Å². The number of hydrogen-bond acceptors (Lipinski definition) is 9. The van der Waals surface area contributed by atoms with Gasteiger partial charge in [-0.3, -0.25) is 19.2 Å². The van der Waals surface area contributed by atoms with Crippen LogP contribution in [0.25, 0.3) is 0 Å². The van der Waals surface area contributed by atoms with Gasteiger partial charge in [0.1, 0.15) is 5.75 Å². The molecule has 0 bridgehead atoms. The van der Waals surface area contributed by atoms with Crippen molar-refractivity contribution >= 4 is 54.0 Å². The first-order valence-electron chi connectivity index (χ1n) is 22.8. The van der Waals surface area contributed by atoms with E-state index >= 15 is 4.79 Å². The van der Waals surface area contributed by atoms with Crippen molar-refractivity contribution in [1.82, 2.24) is 15.5 Å². The predicted octanol–water partition coefficient (Wildman–Crippen LogP) is 5.17. The zero-order chi connectivity index (χ0) is 44.8. The van der Waals surface area contributed by atoms with Gasteiger partial charge in [-0.2, -0.15) is 0 Å². The van der Waals surface area contributed by atoms with E-state index in [0.717, 1.165) is 66.4 Å². The van der Waals surface area contributed by atoms with Crippen molar-refractivity contribution in [2.75, 3.05) is 42.3 Å². The standard InChI is InChI=1S/C50H60N6O7Si/c1-31-46(64(3,4)39-20-18-38(62-2)19-21-39)44(27-45(58)55-29-34-10-6-5-9-33(34)25-37(55)30-57)63-50(31)40-26-36(54-48(60)42-12-8-24-52-42)17-22-43(40)56(49(50)61)28-32-13-15-35(16-14-32)53-47(59)41-11-7-23-51-41/h5-6,9-10,13-22,26,31,37,41-42,44,46,51-52,57H,7-8,11-12,23-25,27-30H2,1-4H3,(H,53,59)(H,54,60)/t31-,37+,41-,42-,44+,46-,50+/m1/s1. The predicted molar refractivity (Wildman–Crippen MR) is 249 cm³/mol. The molecule has 0 aromatic heterocycles. The van der Waals surface area contributed by atoms with Gasteiger partial charge in [0.2, 0.25) is 17.7 Å². The molecule has 5 N–H and O–H groups in total. The number of aliphatic hydroxyl groups excluding tert-OH is 1. The van der Waals surface area contributed by atoms with E-state index < -0.39 is 25.7 Å². The molecular formula is C50H60N6O7Si. The lowest BCUT2D eigenvalue weighted by Crippen LogP contribution is -2.52. The molecule has 9 rings (SSSR count). The van der Waals surface area contributed by atoms with Crippen molar-refractivity contribution in [3.8, 4) is 5.75 Å². The summed E-state index contributed by atoms with van der Waals surface area (Å²) in [5.74, 6) is -0.191. The van der Waals surface area contributed by atoms with E-state index in [1.54, 1.807) is 16.9 Å². The number of methoxy groups -OCH3 is 1. The smallest absolute Gasteiger partial charge is 0.264 e. The summed E-state index contributed by atoms with van der Waals surface area (Å²) in [4.78, 5) is 60.4. The van der Waals surface area contributed by atoms with Crippen LogP contribution in [-0.4, -0.2) is 92.7 Å². The van der Waals surface area contributed by atoms with Gasteiger partial charge in [-0.05, 0) is 110 Å². The van der Waals surface area contributed by atoms with Crippen molar-refractivity contribution in [1.29, 1.82) is 0 Å². The summed E-state index contributed by atoms with van der Waals surface area (Å²) < 4.78 is 12.9. The van der Waals surface area contributed by atoms with E-state index in [-0.39, 0.29) is 66.9 Å². The maximum absolute atomic E-state index is 15.7. The Hall–Kier alpha value is -5.38. The van der Waals surface area contributed by atoms with Crippen LogP contribution < -0.4 is 36.1 Å². The summed E-state index contributed by atoms with van der Waals surface area (Å²) in [6.45, 7) is 8.73. The molecular weight excluding hydrogens is 825 g/mol. The Morgan fingerprint density at radius 1 is 0.875 bits per heavy atom. The number of anilines is 3. The lowest BCUT2D eigenvalue weighted by Gasteiger charge is -2.39. The second kappa shape index (κ2) is 17.9. The summed E-state index contributed by atoms with van der Waals surface area (Å²) in [5.41, 5.74) is 3.93. The fourth-order valence-electron chi connectivity index (χ4n) is 11.2. The number of carbonyl (C=O) groups is 4. The molecule has 5 heterocycles. The Morgan fingerprint density at radius 3 is 2.14 bits per heavy atom. The van der Waals surface area contributed by atoms with Gasteiger partial charge >= 0.3 is 0 Å². The van der Waals surface area contributed by atoms with Crippen LogP contribution in [0.5, 0.6) is 5.75 Å². The van der Waals surface area contributed by atoms with Gasteiger partial charge in [0, 0.05) is 29.4 Å². The summed E-state index contributed by atoms with van der Waals surface area (Å²) in [7, 11) is -0.980. The minimum Gasteiger partial charge on any atom is -0.497 e. The fraction of sp³-hybridized carbons (Fsp3) is 0.440. The molecule has 0 radical (unpaired) electrons. The largest absolute Gasteiger partial charge is 0.497 e. The van der Waals surface area contributed by atoms with Gasteiger partial charge in [-0.1, -0.05) is 73.7 Å². The first kappa shape index (κ1) is 43.8. The molecule has 7 atom stereocenters. The highest BCUT2D eigenvalue weighted by atomic mass is 28.3. The molecule has 13 nitrogen and oxygen atoms in total. The minimum atomic E-state index is -2.62. The summed E-state index contributed by atoms with van der Waals surface area (Å²) in [6.07, 6.45) is 3.36. The third-order valence-electron chi connectivity index (χ3n) is 14.7. The number of rotatable bonds is 12. The number of carbonyl (C=O) groups excluding carboxylic acids is 4. The average molecular weight is 885 g/mol. The summed E-state index contributed by atoms with van der Waals surface area (Å²) in [6, 6.07) is 28.5. The molecule has 5 aliphatic heterocycles. The summed E-state index contributed by atoms with van der Waals surface area (Å²) >= 11 is 0. The SMILES string of the molecule is COc1ccc([Si](C)(C)[C@H]2[C@H](CC(=O)N3Cc4ccccc4C[C@H]3CO)O[C@@]3(C(=O)N(Cc4ccc(NC(=O)[C@H]5CCCN5)cc4)c4ccc(NC(=O)[C@H]5CCCN5)cc43)[C@@H]2C)cc1. The number of aliphatic hydroxyl groups is 1. The molecule has 5 aliphatic rings. The Bertz CT molecular complexity index is 2400. The van der Waals surface area contributed by atoms with Crippen LogP contribution in [0.4, 0.5) is 17.1 Å².